The number of rotatable bonds is 4. The molecule has 1 aliphatic carbocycles. The molecule has 0 aliphatic heterocycles. The van der Waals surface area contributed by atoms with E-state index in [0.717, 1.165) is 31.2 Å². The second kappa shape index (κ2) is 7.72. The van der Waals surface area contributed by atoms with Gasteiger partial charge in [0.15, 0.2) is 0 Å². The summed E-state index contributed by atoms with van der Waals surface area (Å²) < 4.78 is 5.61. The molecular weight excluding hydrogens is 358 g/mol. The van der Waals surface area contributed by atoms with Crippen LogP contribution in [0.2, 0.25) is 0 Å². The van der Waals surface area contributed by atoms with E-state index < -0.39 is 11.0 Å². The molecule has 7 heteroatoms. The lowest BCUT2D eigenvalue weighted by atomic mass is 9.96. The molecule has 0 bridgehead atoms. The number of nitro groups is 1. The summed E-state index contributed by atoms with van der Waals surface area (Å²) in [6, 6.07) is 14.1. The fourth-order valence-electron chi connectivity index (χ4n) is 3.77. The van der Waals surface area contributed by atoms with Crippen LogP contribution in [0.4, 0.5) is 10.5 Å². The van der Waals surface area contributed by atoms with Gasteiger partial charge in [-0.2, -0.15) is 0 Å². The van der Waals surface area contributed by atoms with Gasteiger partial charge in [0, 0.05) is 29.1 Å². The number of ether oxygens (including phenoxy) is 1. The van der Waals surface area contributed by atoms with Gasteiger partial charge in [-0.1, -0.05) is 49.6 Å². The Morgan fingerprint density at radius 1 is 1.11 bits per heavy atom. The minimum Gasteiger partial charge on any atom is -0.393 e. The van der Waals surface area contributed by atoms with Crippen molar-refractivity contribution in [2.75, 3.05) is 0 Å². The highest BCUT2D eigenvalue weighted by molar-refractivity contribution is 6.00. The Balaban J connectivity index is 1.70. The molecule has 2 N–H and O–H groups in total. The summed E-state index contributed by atoms with van der Waals surface area (Å²) >= 11 is 0. The molecular formula is C21H21N3O4. The predicted octanol–water partition coefficient (Wildman–Crippen LogP) is 5.16. The summed E-state index contributed by atoms with van der Waals surface area (Å²) in [6.07, 6.45) is 4.82. The number of hydrogen-bond donors (Lipinski definition) is 2. The van der Waals surface area contributed by atoms with Crippen LogP contribution in [0, 0.1) is 10.1 Å². The Bertz CT molecular complexity index is 1010. The molecule has 1 aliphatic rings. The van der Waals surface area contributed by atoms with Crippen molar-refractivity contribution in [3.8, 4) is 17.0 Å². The zero-order valence-corrected chi connectivity index (χ0v) is 15.3. The van der Waals surface area contributed by atoms with Crippen LogP contribution in [-0.4, -0.2) is 22.0 Å². The van der Waals surface area contributed by atoms with Gasteiger partial charge < -0.3 is 15.0 Å². The van der Waals surface area contributed by atoms with E-state index in [4.69, 9.17) is 4.74 Å². The summed E-state index contributed by atoms with van der Waals surface area (Å²) in [6.45, 7) is 0. The lowest BCUT2D eigenvalue weighted by molar-refractivity contribution is -0.384. The van der Waals surface area contributed by atoms with Crippen molar-refractivity contribution >= 4 is 22.7 Å². The number of nitro benzene ring substituents is 1. The van der Waals surface area contributed by atoms with Crippen LogP contribution in [0.15, 0.2) is 48.5 Å². The normalized spacial score (nSPS) is 14.7. The van der Waals surface area contributed by atoms with Crippen LogP contribution in [0.3, 0.4) is 0 Å². The second-order valence-corrected chi connectivity index (χ2v) is 7.05. The van der Waals surface area contributed by atoms with E-state index in [-0.39, 0.29) is 17.6 Å². The third kappa shape index (κ3) is 3.69. The molecule has 1 saturated carbocycles. The molecule has 0 spiro atoms. The van der Waals surface area contributed by atoms with Crippen LogP contribution >= 0.6 is 0 Å². The highest BCUT2D eigenvalue weighted by Gasteiger charge is 2.22. The Morgan fingerprint density at radius 2 is 1.86 bits per heavy atom. The van der Waals surface area contributed by atoms with Crippen LogP contribution in [-0.2, 0) is 0 Å². The Labute approximate surface area is 161 Å². The minimum atomic E-state index is -0.509. The molecule has 1 amide bonds. The number of aromatic amines is 1. The zero-order valence-electron chi connectivity index (χ0n) is 15.3. The second-order valence-electron chi connectivity index (χ2n) is 7.05. The first kappa shape index (κ1) is 18.0. The highest BCUT2D eigenvalue weighted by Crippen LogP contribution is 2.38. The first-order valence-corrected chi connectivity index (χ1v) is 9.46. The molecule has 7 nitrogen and oxygen atoms in total. The molecule has 1 heterocycles. The van der Waals surface area contributed by atoms with E-state index in [9.17, 15) is 14.9 Å². The van der Waals surface area contributed by atoms with Crippen molar-refractivity contribution in [2.24, 2.45) is 0 Å². The lowest BCUT2D eigenvalue weighted by Crippen LogP contribution is -2.38. The Morgan fingerprint density at radius 3 is 2.57 bits per heavy atom. The van der Waals surface area contributed by atoms with Gasteiger partial charge >= 0.3 is 6.09 Å². The van der Waals surface area contributed by atoms with E-state index in [2.05, 4.69) is 10.3 Å². The maximum absolute atomic E-state index is 12.5. The first-order valence-electron chi connectivity index (χ1n) is 9.46. The fraction of sp³-hybridized carbons (Fsp3) is 0.286. The van der Waals surface area contributed by atoms with Crippen LogP contribution in [0.25, 0.3) is 22.0 Å². The van der Waals surface area contributed by atoms with Crippen molar-refractivity contribution in [3.05, 3.63) is 58.6 Å². The smallest absolute Gasteiger partial charge is 0.393 e. The van der Waals surface area contributed by atoms with Crippen molar-refractivity contribution in [1.29, 1.82) is 0 Å². The number of H-pyrrole nitrogens is 1. The zero-order chi connectivity index (χ0) is 19.5. The fourth-order valence-corrected chi connectivity index (χ4v) is 3.77. The van der Waals surface area contributed by atoms with Gasteiger partial charge in [0.2, 0.25) is 5.88 Å². The summed E-state index contributed by atoms with van der Waals surface area (Å²) in [5, 5.41) is 14.8. The molecule has 2 aromatic carbocycles. The molecule has 4 rings (SSSR count). The Kier molecular flexibility index (Phi) is 4.97. The number of non-ortho nitro benzene ring substituents is 1. The number of carbonyl (C=O) groups is 1. The van der Waals surface area contributed by atoms with Crippen molar-refractivity contribution in [2.45, 2.75) is 38.1 Å². The molecule has 0 radical (unpaired) electrons. The minimum absolute atomic E-state index is 0.0121. The highest BCUT2D eigenvalue weighted by atomic mass is 16.6. The van der Waals surface area contributed by atoms with Gasteiger partial charge in [-0.3, -0.25) is 10.1 Å². The molecule has 28 heavy (non-hydrogen) atoms. The molecule has 0 unspecified atom stereocenters. The Hall–Kier alpha value is -3.35. The number of amides is 1. The van der Waals surface area contributed by atoms with Gasteiger partial charge in [-0.05, 0) is 24.5 Å². The number of benzene rings is 2. The molecule has 0 atom stereocenters. The molecule has 144 valence electrons. The predicted molar refractivity (Wildman–Crippen MR) is 106 cm³/mol. The summed E-state index contributed by atoms with van der Waals surface area (Å²) in [5.41, 5.74) is 2.11. The number of fused-ring (bicyclic) bond motifs is 1. The van der Waals surface area contributed by atoms with E-state index in [0.29, 0.717) is 16.5 Å². The SMILES string of the molecule is O=C(NC1CCCCC1)Oc1[nH]c2ccc([N+](=O)[O-])cc2c1-c1ccccc1. The summed E-state index contributed by atoms with van der Waals surface area (Å²) in [7, 11) is 0. The van der Waals surface area contributed by atoms with Crippen LogP contribution in [0.5, 0.6) is 5.88 Å². The van der Waals surface area contributed by atoms with Gasteiger partial charge in [0.1, 0.15) is 0 Å². The number of nitrogens with one attached hydrogen (secondary N) is 2. The number of hydrogen-bond acceptors (Lipinski definition) is 4. The van der Waals surface area contributed by atoms with Crippen LogP contribution < -0.4 is 10.1 Å². The van der Waals surface area contributed by atoms with Crippen LogP contribution in [0.1, 0.15) is 32.1 Å². The van der Waals surface area contributed by atoms with Gasteiger partial charge in [-0.25, -0.2) is 4.79 Å². The quantitative estimate of drug-likeness (QED) is 0.483. The molecule has 3 aromatic rings. The molecule has 0 saturated heterocycles. The molecule has 1 aromatic heterocycles. The largest absolute Gasteiger partial charge is 0.414 e. The maximum atomic E-state index is 12.5. The average Bonchev–Trinajstić information content (AvgIpc) is 3.06. The summed E-state index contributed by atoms with van der Waals surface area (Å²) in [5.74, 6) is 0.287. The lowest BCUT2D eigenvalue weighted by Gasteiger charge is -2.22. The third-order valence-electron chi connectivity index (χ3n) is 5.14. The monoisotopic (exact) mass is 379 g/mol. The molecule has 1 fully saturated rings. The van der Waals surface area contributed by atoms with Crippen molar-refractivity contribution in [1.82, 2.24) is 10.3 Å². The van der Waals surface area contributed by atoms with Crippen molar-refractivity contribution in [3.63, 3.8) is 0 Å². The maximum Gasteiger partial charge on any atom is 0.414 e. The van der Waals surface area contributed by atoms with E-state index in [1.54, 1.807) is 6.07 Å². The first-order chi connectivity index (χ1) is 13.6. The topological polar surface area (TPSA) is 97.3 Å². The number of carbonyl (C=O) groups excluding carboxylic acids is 1. The van der Waals surface area contributed by atoms with Gasteiger partial charge in [0.25, 0.3) is 5.69 Å². The number of aromatic nitrogens is 1. The average molecular weight is 379 g/mol. The van der Waals surface area contributed by atoms with Crippen molar-refractivity contribution < 1.29 is 14.5 Å². The van der Waals surface area contributed by atoms with E-state index >= 15 is 0 Å². The summed E-state index contributed by atoms with van der Waals surface area (Å²) in [4.78, 5) is 26.3. The third-order valence-corrected chi connectivity index (χ3v) is 5.14. The standard InChI is InChI=1S/C21H21N3O4/c25-21(22-15-9-5-2-6-10-15)28-20-19(14-7-3-1-4-8-14)17-13-16(24(26)27)11-12-18(17)23-20/h1,3-4,7-8,11-13,15,23H,2,5-6,9-10H2,(H,22,25). The van der Waals surface area contributed by atoms with Gasteiger partial charge in [0.05, 0.1) is 10.5 Å². The van der Waals surface area contributed by atoms with E-state index in [1.807, 2.05) is 30.3 Å². The van der Waals surface area contributed by atoms with Gasteiger partial charge in [-0.15, -0.1) is 0 Å². The van der Waals surface area contributed by atoms with E-state index in [1.165, 1.54) is 18.6 Å². The number of nitrogens with zero attached hydrogens (tertiary/aromatic N) is 1.